The van der Waals surface area contributed by atoms with Crippen LogP contribution in [0.5, 0.6) is 0 Å². The van der Waals surface area contributed by atoms with Crippen LogP contribution in [0.25, 0.3) is 0 Å². The molecule has 126 valence electrons. The predicted molar refractivity (Wildman–Crippen MR) is 85.6 cm³/mol. The second kappa shape index (κ2) is 5.82. The van der Waals surface area contributed by atoms with Crippen LogP contribution in [0.4, 0.5) is 0 Å². The molecule has 1 atom stereocenters. The predicted octanol–water partition coefficient (Wildman–Crippen LogP) is 2.98. The number of carboxylic acids is 1. The Balaban J connectivity index is 1.97. The zero-order valence-corrected chi connectivity index (χ0v) is 14.2. The summed E-state index contributed by atoms with van der Waals surface area (Å²) >= 11 is 6.21. The van der Waals surface area contributed by atoms with Crippen molar-refractivity contribution in [1.82, 2.24) is 14.7 Å². The highest BCUT2D eigenvalue weighted by Gasteiger charge is 2.52. The smallest absolute Gasteiger partial charge is 0.308 e. The van der Waals surface area contributed by atoms with E-state index in [2.05, 4.69) is 5.10 Å². The van der Waals surface area contributed by atoms with Crippen molar-refractivity contribution in [2.75, 3.05) is 6.54 Å². The van der Waals surface area contributed by atoms with Gasteiger partial charge in [0.05, 0.1) is 17.1 Å². The van der Waals surface area contributed by atoms with Gasteiger partial charge < -0.3 is 10.0 Å². The van der Waals surface area contributed by atoms with Crippen molar-refractivity contribution in [2.45, 2.75) is 57.5 Å². The van der Waals surface area contributed by atoms with Gasteiger partial charge >= 0.3 is 5.97 Å². The summed E-state index contributed by atoms with van der Waals surface area (Å²) in [6, 6.07) is 0.0128. The molecule has 2 heterocycles. The highest BCUT2D eigenvalue weighted by molar-refractivity contribution is 6.33. The van der Waals surface area contributed by atoms with E-state index in [1.54, 1.807) is 9.58 Å². The Morgan fingerprint density at radius 1 is 1.39 bits per heavy atom. The SMILES string of the molecule is CC(C)n1ncc(Cl)c1C(=O)N1CC(C(=O)O)CC12CCCC2. The lowest BCUT2D eigenvalue weighted by molar-refractivity contribution is -0.141. The maximum absolute atomic E-state index is 13.2. The first kappa shape index (κ1) is 16.3. The Kier molecular flexibility index (Phi) is 4.12. The monoisotopic (exact) mass is 339 g/mol. The Morgan fingerprint density at radius 2 is 2.04 bits per heavy atom. The van der Waals surface area contributed by atoms with Crippen molar-refractivity contribution < 1.29 is 14.7 Å². The van der Waals surface area contributed by atoms with Gasteiger partial charge in [-0.15, -0.1) is 0 Å². The van der Waals surface area contributed by atoms with Crippen molar-refractivity contribution in [3.8, 4) is 0 Å². The van der Waals surface area contributed by atoms with Crippen LogP contribution in [0, 0.1) is 5.92 Å². The van der Waals surface area contributed by atoms with E-state index >= 15 is 0 Å². The second-order valence-electron chi connectivity index (χ2n) is 6.97. The summed E-state index contributed by atoms with van der Waals surface area (Å²) < 4.78 is 1.63. The molecule has 1 amide bonds. The number of hydrogen-bond acceptors (Lipinski definition) is 3. The van der Waals surface area contributed by atoms with Crippen LogP contribution in [0.1, 0.15) is 62.5 Å². The van der Waals surface area contributed by atoms with Gasteiger partial charge in [0.25, 0.3) is 5.91 Å². The molecule has 2 fully saturated rings. The number of rotatable bonds is 3. The van der Waals surface area contributed by atoms with E-state index in [4.69, 9.17) is 11.6 Å². The summed E-state index contributed by atoms with van der Waals surface area (Å²) in [5.74, 6) is -1.51. The van der Waals surface area contributed by atoms with Crippen molar-refractivity contribution in [2.24, 2.45) is 5.92 Å². The standard InChI is InChI=1S/C16H22ClN3O3/c1-10(2)20-13(12(17)8-18-20)14(21)19-9-11(15(22)23)7-16(19)5-3-4-6-16/h8,10-11H,3-7,9H2,1-2H3,(H,22,23). The first-order valence-electron chi connectivity index (χ1n) is 8.13. The van der Waals surface area contributed by atoms with E-state index in [1.165, 1.54) is 6.20 Å². The highest BCUT2D eigenvalue weighted by atomic mass is 35.5. The van der Waals surface area contributed by atoms with Gasteiger partial charge in [0.1, 0.15) is 5.69 Å². The van der Waals surface area contributed by atoms with Crippen LogP contribution in [0.3, 0.4) is 0 Å². The lowest BCUT2D eigenvalue weighted by Gasteiger charge is -2.35. The molecule has 7 heteroatoms. The number of halogens is 1. The van der Waals surface area contributed by atoms with Gasteiger partial charge in [-0.05, 0) is 33.1 Å². The summed E-state index contributed by atoms with van der Waals surface area (Å²) in [7, 11) is 0. The average molecular weight is 340 g/mol. The number of amides is 1. The third-order valence-electron chi connectivity index (χ3n) is 5.17. The second-order valence-corrected chi connectivity index (χ2v) is 7.37. The van der Waals surface area contributed by atoms with Crippen LogP contribution in [-0.4, -0.2) is 43.7 Å². The summed E-state index contributed by atoms with van der Waals surface area (Å²) in [6.45, 7) is 4.14. The van der Waals surface area contributed by atoms with E-state index in [1.807, 2.05) is 13.8 Å². The topological polar surface area (TPSA) is 75.4 Å². The Hall–Kier alpha value is -1.56. The first-order valence-corrected chi connectivity index (χ1v) is 8.51. The molecular weight excluding hydrogens is 318 g/mol. The zero-order valence-electron chi connectivity index (χ0n) is 13.5. The van der Waals surface area contributed by atoms with Crippen LogP contribution in [0.2, 0.25) is 5.02 Å². The molecule has 1 aromatic rings. The molecule has 1 aliphatic heterocycles. The van der Waals surface area contributed by atoms with Crippen molar-refractivity contribution in [3.63, 3.8) is 0 Å². The number of aliphatic carboxylic acids is 1. The van der Waals surface area contributed by atoms with Crippen LogP contribution < -0.4 is 0 Å². The molecule has 6 nitrogen and oxygen atoms in total. The van der Waals surface area contributed by atoms with Crippen molar-refractivity contribution in [1.29, 1.82) is 0 Å². The Labute approximate surface area is 140 Å². The molecule has 1 saturated heterocycles. The minimum Gasteiger partial charge on any atom is -0.481 e. The minimum absolute atomic E-state index is 0.0128. The van der Waals surface area contributed by atoms with Gasteiger partial charge in [-0.3, -0.25) is 14.3 Å². The van der Waals surface area contributed by atoms with E-state index in [9.17, 15) is 14.7 Å². The summed E-state index contributed by atoms with van der Waals surface area (Å²) in [5, 5.41) is 13.9. The number of carbonyl (C=O) groups is 2. The normalized spacial score (nSPS) is 23.1. The van der Waals surface area contributed by atoms with E-state index in [-0.39, 0.29) is 24.0 Å². The number of carboxylic acid groups (broad SMARTS) is 1. The molecule has 1 spiro atoms. The number of hydrogen-bond donors (Lipinski definition) is 1. The largest absolute Gasteiger partial charge is 0.481 e. The van der Waals surface area contributed by atoms with Crippen molar-refractivity contribution >= 4 is 23.5 Å². The molecule has 3 rings (SSSR count). The first-order chi connectivity index (χ1) is 10.9. The molecule has 1 aromatic heterocycles. The van der Waals surface area contributed by atoms with Gasteiger partial charge in [0.15, 0.2) is 0 Å². The van der Waals surface area contributed by atoms with E-state index in [0.29, 0.717) is 17.1 Å². The number of likely N-dealkylation sites (tertiary alicyclic amines) is 1. The maximum Gasteiger partial charge on any atom is 0.308 e. The summed E-state index contributed by atoms with van der Waals surface area (Å²) in [6.07, 6.45) is 5.84. The van der Waals surface area contributed by atoms with Gasteiger partial charge in [-0.1, -0.05) is 24.4 Å². The van der Waals surface area contributed by atoms with Gasteiger partial charge in [-0.25, -0.2) is 0 Å². The third kappa shape index (κ3) is 2.63. The molecule has 23 heavy (non-hydrogen) atoms. The lowest BCUT2D eigenvalue weighted by atomic mass is 9.90. The fourth-order valence-electron chi connectivity index (χ4n) is 4.08. The van der Waals surface area contributed by atoms with Gasteiger partial charge in [0.2, 0.25) is 0 Å². The summed E-state index contributed by atoms with van der Waals surface area (Å²) in [5.41, 5.74) is 0.0502. The Morgan fingerprint density at radius 3 is 2.61 bits per heavy atom. The zero-order chi connectivity index (χ0) is 16.8. The highest BCUT2D eigenvalue weighted by Crippen LogP contribution is 2.46. The Bertz CT molecular complexity index is 635. The molecule has 1 unspecified atom stereocenters. The summed E-state index contributed by atoms with van der Waals surface area (Å²) in [4.78, 5) is 26.4. The quantitative estimate of drug-likeness (QED) is 0.918. The molecule has 1 N–H and O–H groups in total. The lowest BCUT2D eigenvalue weighted by Crippen LogP contribution is -2.46. The van der Waals surface area contributed by atoms with E-state index in [0.717, 1.165) is 25.7 Å². The molecule has 0 radical (unpaired) electrons. The van der Waals surface area contributed by atoms with Crippen LogP contribution in [0.15, 0.2) is 6.20 Å². The number of carbonyl (C=O) groups excluding carboxylic acids is 1. The fourth-order valence-corrected chi connectivity index (χ4v) is 4.29. The molecule has 2 aliphatic rings. The van der Waals surface area contributed by atoms with Gasteiger partial charge in [0, 0.05) is 18.1 Å². The van der Waals surface area contributed by atoms with Crippen molar-refractivity contribution in [3.05, 3.63) is 16.9 Å². The molecule has 1 saturated carbocycles. The van der Waals surface area contributed by atoms with Gasteiger partial charge in [-0.2, -0.15) is 5.10 Å². The molecule has 0 bridgehead atoms. The average Bonchev–Trinajstić information content (AvgIpc) is 3.18. The molecule has 1 aliphatic carbocycles. The van der Waals surface area contributed by atoms with Crippen LogP contribution in [-0.2, 0) is 4.79 Å². The van der Waals surface area contributed by atoms with E-state index < -0.39 is 11.9 Å². The number of aromatic nitrogens is 2. The van der Waals surface area contributed by atoms with Crippen LogP contribution >= 0.6 is 11.6 Å². The molecular formula is C16H22ClN3O3. The third-order valence-corrected chi connectivity index (χ3v) is 5.45. The maximum atomic E-state index is 13.2. The molecule has 0 aromatic carbocycles. The number of nitrogens with zero attached hydrogens (tertiary/aromatic N) is 3. The fraction of sp³-hybridized carbons (Fsp3) is 0.688. The minimum atomic E-state index is -0.824.